The molecule has 0 radical (unpaired) electrons. The van der Waals surface area contributed by atoms with Gasteiger partial charge in [0.1, 0.15) is 12.2 Å². The number of unbranched alkanes of at least 4 members (excludes halogenated alkanes) is 59. The van der Waals surface area contributed by atoms with Gasteiger partial charge in [0.15, 0.2) is 0 Å². The van der Waals surface area contributed by atoms with Crippen LogP contribution in [0.15, 0.2) is 0 Å². The molecule has 0 heterocycles. The summed E-state index contributed by atoms with van der Waals surface area (Å²) in [6, 6.07) is -0.982. The molecule has 6 nitrogen and oxygen atoms in total. The van der Waals surface area contributed by atoms with Crippen LogP contribution < -0.4 is 5.32 Å². The summed E-state index contributed by atoms with van der Waals surface area (Å²) in [7, 11) is 0. The molecule has 0 aliphatic carbocycles. The van der Waals surface area contributed by atoms with E-state index >= 15 is 0 Å². The summed E-state index contributed by atoms with van der Waals surface area (Å²) in [4.78, 5) is 12.7. The van der Waals surface area contributed by atoms with Crippen LogP contribution in [0, 0.1) is 0 Å². The Morgan fingerprint density at radius 3 is 0.623 bits per heavy atom. The smallest absolute Gasteiger partial charge is 0.249 e. The molecule has 0 aromatic heterocycles. The fourth-order valence-electron chi connectivity index (χ4n) is 12.0. The zero-order valence-corrected chi connectivity index (χ0v) is 52.8. The highest BCUT2D eigenvalue weighted by Crippen LogP contribution is 2.20. The van der Waals surface area contributed by atoms with Crippen LogP contribution >= 0.6 is 0 Å². The van der Waals surface area contributed by atoms with E-state index in [2.05, 4.69) is 19.2 Å². The zero-order valence-electron chi connectivity index (χ0n) is 52.8. The third-order valence-electron chi connectivity index (χ3n) is 17.6. The average molecular weight is 1090 g/mol. The van der Waals surface area contributed by atoms with E-state index in [0.717, 1.165) is 38.5 Å². The SMILES string of the molecule is CCCCCCCCCCCCCCCCCCCCCCCCCCCCCCCCCCCCCCCCC(O)C(=O)NC(CO)C(O)C(O)CCCCCCCCCCCCCCCCCCCCCCCCC. The number of hydrogen-bond donors (Lipinski definition) is 5. The van der Waals surface area contributed by atoms with Crippen LogP contribution in [-0.2, 0) is 4.79 Å². The Morgan fingerprint density at radius 1 is 0.273 bits per heavy atom. The van der Waals surface area contributed by atoms with E-state index in [1.165, 1.54) is 353 Å². The van der Waals surface area contributed by atoms with Gasteiger partial charge in [0.25, 0.3) is 0 Å². The van der Waals surface area contributed by atoms with E-state index in [-0.39, 0.29) is 0 Å². The zero-order chi connectivity index (χ0) is 55.8. The van der Waals surface area contributed by atoms with Crippen molar-refractivity contribution in [2.24, 2.45) is 0 Å². The molecule has 0 spiro atoms. The minimum atomic E-state index is -1.26. The highest BCUT2D eigenvalue weighted by Gasteiger charge is 2.28. The van der Waals surface area contributed by atoms with Crippen molar-refractivity contribution in [2.75, 3.05) is 6.61 Å². The molecule has 0 aliphatic heterocycles. The minimum Gasteiger partial charge on any atom is -0.394 e. The standard InChI is InChI=1S/C71H143NO5/c1-3-5-7-9-11-13-15-17-19-21-23-25-27-28-29-30-31-32-33-34-35-36-37-38-39-40-41-43-45-47-49-51-53-55-57-59-61-63-65-69(75)71(77)72-67(66-73)70(76)68(74)64-62-60-58-56-54-52-50-48-46-44-42-26-24-22-20-18-16-14-12-10-8-6-4-2/h67-70,73-76H,3-66H2,1-2H3,(H,72,77). The molecule has 0 aromatic carbocycles. The van der Waals surface area contributed by atoms with Gasteiger partial charge >= 0.3 is 0 Å². The van der Waals surface area contributed by atoms with E-state index in [1.807, 2.05) is 0 Å². The Hall–Kier alpha value is -0.690. The first kappa shape index (κ1) is 76.3. The second-order valence-electron chi connectivity index (χ2n) is 25.3. The molecule has 0 fully saturated rings. The lowest BCUT2D eigenvalue weighted by molar-refractivity contribution is -0.132. The van der Waals surface area contributed by atoms with Crippen LogP contribution in [0.2, 0.25) is 0 Å². The van der Waals surface area contributed by atoms with Crippen molar-refractivity contribution in [3.05, 3.63) is 0 Å². The number of aliphatic hydroxyl groups excluding tert-OH is 4. The predicted octanol–water partition coefficient (Wildman–Crippen LogP) is 22.2. The predicted molar refractivity (Wildman–Crippen MR) is 339 cm³/mol. The van der Waals surface area contributed by atoms with Gasteiger partial charge in [0.05, 0.1) is 18.8 Å². The van der Waals surface area contributed by atoms with Gasteiger partial charge in [0.2, 0.25) is 5.91 Å². The van der Waals surface area contributed by atoms with E-state index in [9.17, 15) is 25.2 Å². The first-order chi connectivity index (χ1) is 38.0. The van der Waals surface area contributed by atoms with Gasteiger partial charge in [-0.1, -0.05) is 406 Å². The maximum atomic E-state index is 12.7. The van der Waals surface area contributed by atoms with Crippen molar-refractivity contribution in [1.82, 2.24) is 5.32 Å². The summed E-state index contributed by atoms with van der Waals surface area (Å²) >= 11 is 0. The maximum Gasteiger partial charge on any atom is 0.249 e. The summed E-state index contributed by atoms with van der Waals surface area (Å²) < 4.78 is 0. The average Bonchev–Trinajstić information content (AvgIpc) is 3.43. The minimum absolute atomic E-state index is 0.377. The Morgan fingerprint density at radius 2 is 0.442 bits per heavy atom. The Labute approximate surface area is 483 Å². The molecule has 77 heavy (non-hydrogen) atoms. The molecular weight excluding hydrogens is 947 g/mol. The second-order valence-corrected chi connectivity index (χ2v) is 25.3. The largest absolute Gasteiger partial charge is 0.394 e. The molecular formula is C71H143NO5. The summed E-state index contributed by atoms with van der Waals surface area (Å²) in [6.45, 7) is 4.12. The summed E-state index contributed by atoms with van der Waals surface area (Å²) in [5.41, 5.74) is 0. The molecule has 5 N–H and O–H groups in total. The van der Waals surface area contributed by atoms with Crippen LogP contribution in [0.5, 0.6) is 0 Å². The molecule has 0 rings (SSSR count). The number of rotatable bonds is 68. The second kappa shape index (κ2) is 66.1. The van der Waals surface area contributed by atoms with E-state index in [1.54, 1.807) is 0 Å². The molecule has 4 atom stereocenters. The lowest BCUT2D eigenvalue weighted by atomic mass is 9.99. The van der Waals surface area contributed by atoms with E-state index in [0.29, 0.717) is 12.8 Å². The highest BCUT2D eigenvalue weighted by atomic mass is 16.3. The van der Waals surface area contributed by atoms with Crippen molar-refractivity contribution >= 4 is 5.91 Å². The summed E-state index contributed by atoms with van der Waals surface area (Å²) in [5, 5.41) is 44.2. The normalized spacial score (nSPS) is 13.4. The van der Waals surface area contributed by atoms with Crippen LogP contribution in [0.3, 0.4) is 0 Å². The Kier molecular flexibility index (Phi) is 65.5. The molecule has 0 aliphatic rings. The van der Waals surface area contributed by atoms with Gasteiger partial charge in [-0.3, -0.25) is 4.79 Å². The number of nitrogens with one attached hydrogen (secondary N) is 1. The monoisotopic (exact) mass is 1090 g/mol. The molecule has 0 bridgehead atoms. The number of carbonyl (C=O) groups excluding carboxylic acids is 1. The lowest BCUT2D eigenvalue weighted by Crippen LogP contribution is -2.53. The van der Waals surface area contributed by atoms with Gasteiger partial charge in [-0.25, -0.2) is 0 Å². The van der Waals surface area contributed by atoms with Gasteiger partial charge in [-0.2, -0.15) is 0 Å². The van der Waals surface area contributed by atoms with Crippen molar-refractivity contribution in [1.29, 1.82) is 0 Å². The molecule has 462 valence electrons. The first-order valence-electron chi connectivity index (χ1n) is 35.9. The Bertz CT molecular complexity index is 1090. The van der Waals surface area contributed by atoms with E-state index in [4.69, 9.17) is 0 Å². The fraction of sp³-hybridized carbons (Fsp3) is 0.986. The van der Waals surface area contributed by atoms with Gasteiger partial charge in [0, 0.05) is 0 Å². The number of amides is 1. The van der Waals surface area contributed by atoms with Crippen LogP contribution in [-0.4, -0.2) is 57.3 Å². The fourth-order valence-corrected chi connectivity index (χ4v) is 12.0. The molecule has 6 heteroatoms. The number of hydrogen-bond acceptors (Lipinski definition) is 5. The number of aliphatic hydroxyl groups is 4. The van der Waals surface area contributed by atoms with Crippen molar-refractivity contribution < 1.29 is 25.2 Å². The molecule has 0 aromatic rings. The van der Waals surface area contributed by atoms with Crippen LogP contribution in [0.1, 0.15) is 418 Å². The van der Waals surface area contributed by atoms with E-state index < -0.39 is 36.9 Å². The highest BCUT2D eigenvalue weighted by molar-refractivity contribution is 5.80. The third-order valence-corrected chi connectivity index (χ3v) is 17.6. The summed E-state index contributed by atoms with van der Waals surface area (Å²) in [6.07, 6.45) is 81.0. The third kappa shape index (κ3) is 59.7. The maximum absolute atomic E-state index is 12.7. The van der Waals surface area contributed by atoms with Crippen molar-refractivity contribution in [3.8, 4) is 0 Å². The molecule has 4 unspecified atom stereocenters. The van der Waals surface area contributed by atoms with Gasteiger partial charge < -0.3 is 25.7 Å². The first-order valence-corrected chi connectivity index (χ1v) is 35.9. The van der Waals surface area contributed by atoms with Gasteiger partial charge in [-0.15, -0.1) is 0 Å². The summed E-state index contributed by atoms with van der Waals surface area (Å²) in [5.74, 6) is -0.573. The van der Waals surface area contributed by atoms with Gasteiger partial charge in [-0.05, 0) is 12.8 Å². The topological polar surface area (TPSA) is 110 Å². The van der Waals surface area contributed by atoms with Crippen LogP contribution in [0.25, 0.3) is 0 Å². The van der Waals surface area contributed by atoms with Crippen molar-refractivity contribution in [3.63, 3.8) is 0 Å². The molecule has 0 saturated heterocycles. The molecule has 1 amide bonds. The van der Waals surface area contributed by atoms with Crippen molar-refractivity contribution in [2.45, 2.75) is 443 Å². The number of carbonyl (C=O) groups is 1. The van der Waals surface area contributed by atoms with Crippen LogP contribution in [0.4, 0.5) is 0 Å². The lowest BCUT2D eigenvalue weighted by Gasteiger charge is -2.27. The molecule has 0 saturated carbocycles. The quantitative estimate of drug-likeness (QED) is 0.0390. The Balaban J connectivity index is 3.47.